The average molecular weight is 318 g/mol. The van der Waals surface area contributed by atoms with Gasteiger partial charge in [-0.05, 0) is 24.6 Å². The molecular formula is C16H9F3N2S. The van der Waals surface area contributed by atoms with Crippen molar-refractivity contribution < 1.29 is 13.2 Å². The number of alkyl halides is 3. The molecule has 3 rings (SSSR count). The Labute approximate surface area is 128 Å². The molecule has 0 saturated carbocycles. The van der Waals surface area contributed by atoms with Crippen LogP contribution in [0.3, 0.4) is 0 Å². The summed E-state index contributed by atoms with van der Waals surface area (Å²) in [5.74, 6) is 0. The summed E-state index contributed by atoms with van der Waals surface area (Å²) in [4.78, 5) is 3.95. The highest BCUT2D eigenvalue weighted by Gasteiger charge is 2.32. The molecule has 0 aliphatic heterocycles. The second-order valence-electron chi connectivity index (χ2n) is 4.85. The van der Waals surface area contributed by atoms with Gasteiger partial charge in [0.2, 0.25) is 0 Å². The van der Waals surface area contributed by atoms with Gasteiger partial charge in [-0.2, -0.15) is 18.4 Å². The number of hydrogen-bond acceptors (Lipinski definition) is 3. The van der Waals surface area contributed by atoms with Crippen LogP contribution in [0.1, 0.15) is 16.1 Å². The van der Waals surface area contributed by atoms with E-state index in [1.807, 2.05) is 25.1 Å². The van der Waals surface area contributed by atoms with Crippen LogP contribution in [-0.4, -0.2) is 4.98 Å². The molecule has 0 unspecified atom stereocenters. The van der Waals surface area contributed by atoms with Crippen molar-refractivity contribution in [3.63, 3.8) is 0 Å². The number of pyridine rings is 1. The smallest absolute Gasteiger partial charge is 0.251 e. The minimum absolute atomic E-state index is 0.474. The van der Waals surface area contributed by atoms with Gasteiger partial charge < -0.3 is 0 Å². The van der Waals surface area contributed by atoms with Gasteiger partial charge in [-0.1, -0.05) is 18.2 Å². The zero-order chi connectivity index (χ0) is 15.9. The number of thiophene rings is 1. The third kappa shape index (κ3) is 2.44. The number of aryl methyl sites for hydroxylation is 1. The van der Waals surface area contributed by atoms with Crippen molar-refractivity contribution in [3.8, 4) is 17.2 Å². The molecule has 110 valence electrons. The molecule has 6 heteroatoms. The predicted octanol–water partition coefficient (Wildman–Crippen LogP) is 5.16. The fraction of sp³-hybridized carbons (Fsp3) is 0.125. The lowest BCUT2D eigenvalue weighted by molar-refractivity contribution is -0.141. The van der Waals surface area contributed by atoms with Crippen molar-refractivity contribution in [1.29, 1.82) is 5.26 Å². The molecule has 0 amide bonds. The van der Waals surface area contributed by atoms with Gasteiger partial charge in [-0.3, -0.25) is 4.98 Å². The quantitative estimate of drug-likeness (QED) is 0.621. The Morgan fingerprint density at radius 2 is 1.95 bits per heavy atom. The van der Waals surface area contributed by atoms with Gasteiger partial charge in [0.15, 0.2) is 0 Å². The predicted molar refractivity (Wildman–Crippen MR) is 79.5 cm³/mol. The Bertz CT molecular complexity index is 887. The zero-order valence-corrected chi connectivity index (χ0v) is 12.2. The van der Waals surface area contributed by atoms with Crippen LogP contribution in [-0.2, 0) is 6.18 Å². The molecule has 2 heterocycles. The Kier molecular flexibility index (Phi) is 3.38. The number of halogens is 3. The summed E-state index contributed by atoms with van der Waals surface area (Å²) in [5, 5.41) is 10.1. The Morgan fingerprint density at radius 3 is 2.55 bits per heavy atom. The van der Waals surface area contributed by atoms with Gasteiger partial charge >= 0.3 is 6.18 Å². The van der Waals surface area contributed by atoms with Crippen LogP contribution in [0.25, 0.3) is 21.2 Å². The van der Waals surface area contributed by atoms with E-state index in [9.17, 15) is 18.4 Å². The molecule has 0 saturated heterocycles. The second-order valence-corrected chi connectivity index (χ2v) is 5.90. The first kappa shape index (κ1) is 14.5. The van der Waals surface area contributed by atoms with Crippen LogP contribution >= 0.6 is 11.3 Å². The highest BCUT2D eigenvalue weighted by molar-refractivity contribution is 7.20. The van der Waals surface area contributed by atoms with Crippen LogP contribution in [0.2, 0.25) is 0 Å². The van der Waals surface area contributed by atoms with Crippen molar-refractivity contribution in [2.24, 2.45) is 0 Å². The number of fused-ring (bicyclic) bond motifs is 1. The summed E-state index contributed by atoms with van der Waals surface area (Å²) >= 11 is 1.33. The highest BCUT2D eigenvalue weighted by atomic mass is 32.1. The number of rotatable bonds is 1. The van der Waals surface area contributed by atoms with Gasteiger partial charge in [0, 0.05) is 27.4 Å². The van der Waals surface area contributed by atoms with Crippen LogP contribution < -0.4 is 0 Å². The lowest BCUT2D eigenvalue weighted by Gasteiger charge is -2.06. The Hall–Kier alpha value is -2.39. The first-order valence-electron chi connectivity index (χ1n) is 6.37. The topological polar surface area (TPSA) is 36.7 Å². The SMILES string of the molecule is Cc1ccc2c(-c3ccc(C(F)(F)F)nc3)c(C#N)sc2c1. The van der Waals surface area contributed by atoms with Crippen molar-refractivity contribution in [1.82, 2.24) is 4.98 Å². The molecule has 0 spiro atoms. The van der Waals surface area contributed by atoms with Gasteiger partial charge in [0.1, 0.15) is 16.6 Å². The number of hydrogen-bond donors (Lipinski definition) is 0. The van der Waals surface area contributed by atoms with Gasteiger partial charge in [-0.25, -0.2) is 0 Å². The molecule has 0 atom stereocenters. The van der Waals surface area contributed by atoms with Crippen molar-refractivity contribution in [2.45, 2.75) is 13.1 Å². The maximum atomic E-state index is 12.6. The number of aromatic nitrogens is 1. The molecular weight excluding hydrogens is 309 g/mol. The van der Waals surface area contributed by atoms with Crippen molar-refractivity contribution in [2.75, 3.05) is 0 Å². The fourth-order valence-electron chi connectivity index (χ4n) is 2.28. The zero-order valence-electron chi connectivity index (χ0n) is 11.4. The van der Waals surface area contributed by atoms with Crippen molar-refractivity contribution >= 4 is 21.4 Å². The summed E-state index contributed by atoms with van der Waals surface area (Å²) in [7, 11) is 0. The fourth-order valence-corrected chi connectivity index (χ4v) is 3.40. The molecule has 0 aliphatic rings. The number of nitriles is 1. The minimum Gasteiger partial charge on any atom is -0.251 e. The maximum Gasteiger partial charge on any atom is 0.433 e. The van der Waals surface area contributed by atoms with Crippen LogP contribution in [0.4, 0.5) is 13.2 Å². The summed E-state index contributed by atoms with van der Waals surface area (Å²) in [5.41, 5.74) is 1.28. The molecule has 1 aromatic carbocycles. The van der Waals surface area contributed by atoms with E-state index >= 15 is 0 Å². The molecule has 22 heavy (non-hydrogen) atoms. The first-order valence-corrected chi connectivity index (χ1v) is 7.18. The molecule has 2 nitrogen and oxygen atoms in total. The Balaban J connectivity index is 2.19. The summed E-state index contributed by atoms with van der Waals surface area (Å²) in [6.45, 7) is 1.95. The number of nitrogens with zero attached hydrogens (tertiary/aromatic N) is 2. The summed E-state index contributed by atoms with van der Waals surface area (Å²) in [6, 6.07) is 10.2. The average Bonchev–Trinajstić information content (AvgIpc) is 2.84. The van der Waals surface area contributed by atoms with E-state index in [1.165, 1.54) is 23.6 Å². The van der Waals surface area contributed by atoms with E-state index in [0.29, 0.717) is 16.0 Å². The van der Waals surface area contributed by atoms with Crippen molar-refractivity contribution in [3.05, 3.63) is 52.7 Å². The summed E-state index contributed by atoms with van der Waals surface area (Å²) < 4.78 is 38.7. The normalized spacial score (nSPS) is 11.6. The highest BCUT2D eigenvalue weighted by Crippen LogP contribution is 2.39. The van der Waals surface area contributed by atoms with E-state index in [1.54, 1.807) is 0 Å². The van der Waals surface area contributed by atoms with Crippen LogP contribution in [0.5, 0.6) is 0 Å². The maximum absolute atomic E-state index is 12.6. The van der Waals surface area contributed by atoms with E-state index in [4.69, 9.17) is 0 Å². The van der Waals surface area contributed by atoms with E-state index < -0.39 is 11.9 Å². The minimum atomic E-state index is -4.47. The monoisotopic (exact) mass is 318 g/mol. The molecule has 0 fully saturated rings. The van der Waals surface area contributed by atoms with Crippen LogP contribution in [0.15, 0.2) is 36.5 Å². The molecule has 3 aromatic rings. The molecule has 0 bridgehead atoms. The molecule has 2 aromatic heterocycles. The lowest BCUT2D eigenvalue weighted by atomic mass is 10.0. The van der Waals surface area contributed by atoms with Gasteiger partial charge in [0.05, 0.1) is 0 Å². The third-order valence-corrected chi connectivity index (χ3v) is 4.35. The van der Waals surface area contributed by atoms with Gasteiger partial charge in [0.25, 0.3) is 0 Å². The molecule has 0 aliphatic carbocycles. The molecule has 0 radical (unpaired) electrons. The lowest BCUT2D eigenvalue weighted by Crippen LogP contribution is -2.07. The standard InChI is InChI=1S/C16H9F3N2S/c1-9-2-4-11-12(6-9)22-13(7-20)15(11)10-3-5-14(21-8-10)16(17,18)19/h2-6,8H,1H3. The second kappa shape index (κ2) is 5.11. The third-order valence-electron chi connectivity index (χ3n) is 3.29. The molecule has 0 N–H and O–H groups in total. The van der Waals surface area contributed by atoms with E-state index in [0.717, 1.165) is 21.7 Å². The van der Waals surface area contributed by atoms with E-state index in [-0.39, 0.29) is 0 Å². The Morgan fingerprint density at radius 1 is 1.18 bits per heavy atom. The van der Waals surface area contributed by atoms with Crippen LogP contribution in [0, 0.1) is 18.3 Å². The number of benzene rings is 1. The largest absolute Gasteiger partial charge is 0.433 e. The van der Waals surface area contributed by atoms with Gasteiger partial charge in [-0.15, -0.1) is 11.3 Å². The first-order chi connectivity index (χ1) is 10.4. The summed E-state index contributed by atoms with van der Waals surface area (Å²) in [6.07, 6.45) is -3.30. The van der Waals surface area contributed by atoms with E-state index in [2.05, 4.69) is 11.1 Å².